The summed E-state index contributed by atoms with van der Waals surface area (Å²) in [5.74, 6) is 0. The number of furan rings is 1. The van der Waals surface area contributed by atoms with Crippen molar-refractivity contribution in [2.45, 2.75) is 0 Å². The van der Waals surface area contributed by atoms with E-state index in [1.807, 2.05) is 12.1 Å². The zero-order chi connectivity index (χ0) is 27.9. The number of nitrogens with zero attached hydrogens (tertiary/aromatic N) is 1. The molecule has 1 heterocycles. The number of hydrogen-bond donors (Lipinski definition) is 0. The molecule has 7 aromatic carbocycles. The maximum Gasteiger partial charge on any atom is 0.135 e. The summed E-state index contributed by atoms with van der Waals surface area (Å²) in [4.78, 5) is 2.37. The van der Waals surface area contributed by atoms with E-state index >= 15 is 0 Å². The van der Waals surface area contributed by atoms with Crippen molar-refractivity contribution in [3.63, 3.8) is 0 Å². The maximum atomic E-state index is 6.18. The molecule has 0 N–H and O–H groups in total. The zero-order valence-corrected chi connectivity index (χ0v) is 22.9. The lowest BCUT2D eigenvalue weighted by molar-refractivity contribution is 0.669. The second kappa shape index (κ2) is 10.1. The van der Waals surface area contributed by atoms with Gasteiger partial charge in [-0.1, -0.05) is 115 Å². The Kier molecular flexibility index (Phi) is 5.82. The average molecular weight is 538 g/mol. The first-order chi connectivity index (χ1) is 20.8. The lowest BCUT2D eigenvalue weighted by Gasteiger charge is -2.29. The Bertz CT molecular complexity index is 2180. The van der Waals surface area contributed by atoms with Gasteiger partial charge in [-0.3, -0.25) is 0 Å². The molecule has 0 bridgehead atoms. The number of hydrogen-bond acceptors (Lipinski definition) is 2. The van der Waals surface area contributed by atoms with Crippen LogP contribution in [0.1, 0.15) is 0 Å². The van der Waals surface area contributed by atoms with E-state index in [4.69, 9.17) is 4.42 Å². The highest BCUT2D eigenvalue weighted by Gasteiger charge is 2.20. The Morgan fingerprint density at radius 1 is 0.381 bits per heavy atom. The van der Waals surface area contributed by atoms with E-state index in [0.717, 1.165) is 44.6 Å². The molecule has 0 saturated carbocycles. The van der Waals surface area contributed by atoms with Gasteiger partial charge in [0.15, 0.2) is 0 Å². The third kappa shape index (κ3) is 4.13. The Morgan fingerprint density at radius 3 is 1.79 bits per heavy atom. The molecule has 8 aromatic rings. The van der Waals surface area contributed by atoms with Crippen LogP contribution in [0.15, 0.2) is 168 Å². The molecule has 42 heavy (non-hydrogen) atoms. The Balaban J connectivity index is 1.37. The number of fused-ring (bicyclic) bond motifs is 4. The van der Waals surface area contributed by atoms with Crippen molar-refractivity contribution in [3.05, 3.63) is 164 Å². The van der Waals surface area contributed by atoms with Gasteiger partial charge in [0.2, 0.25) is 0 Å². The van der Waals surface area contributed by atoms with Gasteiger partial charge < -0.3 is 9.32 Å². The van der Waals surface area contributed by atoms with Crippen LogP contribution in [-0.2, 0) is 0 Å². The smallest absolute Gasteiger partial charge is 0.135 e. The summed E-state index contributed by atoms with van der Waals surface area (Å²) in [7, 11) is 0. The van der Waals surface area contributed by atoms with E-state index in [1.54, 1.807) is 0 Å². The second-order valence-electron chi connectivity index (χ2n) is 10.6. The van der Waals surface area contributed by atoms with Crippen LogP contribution in [0.25, 0.3) is 55.0 Å². The fourth-order valence-electron chi connectivity index (χ4n) is 6.07. The van der Waals surface area contributed by atoms with Gasteiger partial charge in [0.05, 0.1) is 5.69 Å². The normalized spacial score (nSPS) is 11.3. The van der Waals surface area contributed by atoms with Gasteiger partial charge in [-0.15, -0.1) is 0 Å². The van der Waals surface area contributed by atoms with Crippen LogP contribution < -0.4 is 4.90 Å². The van der Waals surface area contributed by atoms with Crippen molar-refractivity contribution in [2.24, 2.45) is 0 Å². The summed E-state index contributed by atoms with van der Waals surface area (Å²) in [5, 5.41) is 4.68. The molecule has 0 aliphatic carbocycles. The molecule has 198 valence electrons. The molecule has 0 atom stereocenters. The maximum absolute atomic E-state index is 6.18. The molecule has 8 rings (SSSR count). The summed E-state index contributed by atoms with van der Waals surface area (Å²) in [6, 6.07) is 58.0. The van der Waals surface area contributed by atoms with Gasteiger partial charge in [-0.25, -0.2) is 0 Å². The first-order valence-electron chi connectivity index (χ1n) is 14.3. The molecule has 0 aliphatic rings. The van der Waals surface area contributed by atoms with Crippen molar-refractivity contribution in [3.8, 4) is 22.3 Å². The standard InChI is InChI=1S/C40H27NO/c1-3-11-28(12-4-1)29-19-23-33(24-20-29)41(32-14-5-2-6-15-32)37-25-21-30-13-7-8-16-34(30)40(37)31-22-26-39-36(27-31)35-17-9-10-18-38(35)42-39/h1-27H. The highest BCUT2D eigenvalue weighted by molar-refractivity contribution is 6.10. The van der Waals surface area contributed by atoms with Crippen LogP contribution >= 0.6 is 0 Å². The molecule has 0 spiro atoms. The molecule has 0 radical (unpaired) electrons. The highest BCUT2D eigenvalue weighted by Crippen LogP contribution is 2.45. The topological polar surface area (TPSA) is 16.4 Å². The molecule has 0 aliphatic heterocycles. The van der Waals surface area contributed by atoms with Crippen molar-refractivity contribution in [1.29, 1.82) is 0 Å². The summed E-state index contributed by atoms with van der Waals surface area (Å²) in [6.45, 7) is 0. The van der Waals surface area contributed by atoms with Gasteiger partial charge in [0.1, 0.15) is 11.2 Å². The van der Waals surface area contributed by atoms with Crippen LogP contribution in [0.3, 0.4) is 0 Å². The second-order valence-corrected chi connectivity index (χ2v) is 10.6. The molecule has 0 saturated heterocycles. The molecular formula is C40H27NO. The summed E-state index contributed by atoms with van der Waals surface area (Å²) in [5.41, 5.74) is 9.90. The third-order valence-electron chi connectivity index (χ3n) is 8.06. The minimum absolute atomic E-state index is 0.901. The number of anilines is 3. The van der Waals surface area contributed by atoms with Crippen molar-refractivity contribution >= 4 is 49.8 Å². The Hall–Kier alpha value is -5.60. The first kappa shape index (κ1) is 24.2. The van der Waals surface area contributed by atoms with Crippen LogP contribution in [0.2, 0.25) is 0 Å². The summed E-state index contributed by atoms with van der Waals surface area (Å²) >= 11 is 0. The minimum Gasteiger partial charge on any atom is -0.456 e. The summed E-state index contributed by atoms with van der Waals surface area (Å²) in [6.07, 6.45) is 0. The van der Waals surface area contributed by atoms with E-state index in [9.17, 15) is 0 Å². The van der Waals surface area contributed by atoms with E-state index < -0.39 is 0 Å². The lowest BCUT2D eigenvalue weighted by Crippen LogP contribution is -2.11. The molecule has 0 unspecified atom stereocenters. The van der Waals surface area contributed by atoms with Gasteiger partial charge in [0.25, 0.3) is 0 Å². The van der Waals surface area contributed by atoms with Gasteiger partial charge in [-0.05, 0) is 76.0 Å². The fraction of sp³-hybridized carbons (Fsp3) is 0. The largest absolute Gasteiger partial charge is 0.456 e. The summed E-state index contributed by atoms with van der Waals surface area (Å²) < 4.78 is 6.18. The van der Waals surface area contributed by atoms with Crippen molar-refractivity contribution < 1.29 is 4.42 Å². The quantitative estimate of drug-likeness (QED) is 0.217. The first-order valence-corrected chi connectivity index (χ1v) is 14.3. The van der Waals surface area contributed by atoms with Crippen LogP contribution in [0.4, 0.5) is 17.1 Å². The van der Waals surface area contributed by atoms with Gasteiger partial charge >= 0.3 is 0 Å². The Labute approximate surface area is 244 Å². The SMILES string of the molecule is c1ccc(-c2ccc(N(c3ccccc3)c3ccc4ccccc4c3-c3ccc4oc5ccccc5c4c3)cc2)cc1. The molecule has 0 amide bonds. The van der Waals surface area contributed by atoms with Crippen molar-refractivity contribution in [2.75, 3.05) is 4.90 Å². The number of benzene rings is 7. The predicted octanol–water partition coefficient (Wildman–Crippen LogP) is 11.5. The Morgan fingerprint density at radius 2 is 0.976 bits per heavy atom. The highest BCUT2D eigenvalue weighted by atomic mass is 16.3. The monoisotopic (exact) mass is 537 g/mol. The predicted molar refractivity (Wildman–Crippen MR) is 177 cm³/mol. The zero-order valence-electron chi connectivity index (χ0n) is 22.9. The fourth-order valence-corrected chi connectivity index (χ4v) is 6.07. The number of para-hydroxylation sites is 2. The van der Waals surface area contributed by atoms with Gasteiger partial charge in [-0.2, -0.15) is 0 Å². The molecule has 2 nitrogen and oxygen atoms in total. The van der Waals surface area contributed by atoms with E-state index in [2.05, 4.69) is 157 Å². The third-order valence-corrected chi connectivity index (χ3v) is 8.06. The minimum atomic E-state index is 0.901. The number of rotatable bonds is 5. The average Bonchev–Trinajstić information content (AvgIpc) is 3.44. The van der Waals surface area contributed by atoms with Crippen LogP contribution in [-0.4, -0.2) is 0 Å². The molecule has 2 heteroatoms. The lowest BCUT2D eigenvalue weighted by atomic mass is 9.94. The molecule has 0 fully saturated rings. The molecular weight excluding hydrogens is 510 g/mol. The van der Waals surface area contributed by atoms with Crippen LogP contribution in [0.5, 0.6) is 0 Å². The van der Waals surface area contributed by atoms with E-state index in [-0.39, 0.29) is 0 Å². The van der Waals surface area contributed by atoms with Crippen molar-refractivity contribution in [1.82, 2.24) is 0 Å². The van der Waals surface area contributed by atoms with E-state index in [0.29, 0.717) is 0 Å². The molecule has 1 aromatic heterocycles. The van der Waals surface area contributed by atoms with Crippen LogP contribution in [0, 0.1) is 0 Å². The van der Waals surface area contributed by atoms with E-state index in [1.165, 1.54) is 27.5 Å². The van der Waals surface area contributed by atoms with Gasteiger partial charge in [0, 0.05) is 27.7 Å².